The molecule has 0 atom stereocenters. The molecule has 0 aliphatic carbocycles. The molecule has 0 saturated carbocycles. The average molecular weight is 387 g/mol. The average Bonchev–Trinajstić information content (AvgIpc) is 2.46. The van der Waals surface area contributed by atoms with Crippen molar-refractivity contribution < 1.29 is 9.13 Å². The van der Waals surface area contributed by atoms with Crippen molar-refractivity contribution in [2.24, 2.45) is 0 Å². The van der Waals surface area contributed by atoms with Gasteiger partial charge in [0.1, 0.15) is 18.2 Å². The Kier molecular flexibility index (Phi) is 6.24. The minimum Gasteiger partial charge on any atom is -0.488 e. The molecule has 0 bridgehead atoms. The summed E-state index contributed by atoms with van der Waals surface area (Å²) in [5, 5.41) is 3.72. The number of hydrogen-bond donors (Lipinski definition) is 1. The zero-order valence-electron chi connectivity index (χ0n) is 12.5. The molecule has 2 nitrogen and oxygen atoms in total. The Morgan fingerprint density at radius 1 is 1.27 bits per heavy atom. The summed E-state index contributed by atoms with van der Waals surface area (Å²) in [6.07, 6.45) is 0. The topological polar surface area (TPSA) is 21.3 Å². The Hall–Kier alpha value is -1.10. The third kappa shape index (κ3) is 4.70. The molecule has 0 fully saturated rings. The highest BCUT2D eigenvalue weighted by molar-refractivity contribution is 9.10. The molecule has 1 N–H and O–H groups in total. The highest BCUT2D eigenvalue weighted by Gasteiger charge is 2.10. The first-order valence-electron chi connectivity index (χ1n) is 7.05. The van der Waals surface area contributed by atoms with Crippen LogP contribution in [0.4, 0.5) is 4.39 Å². The maximum absolute atomic E-state index is 13.8. The second-order valence-corrected chi connectivity index (χ2v) is 6.60. The van der Waals surface area contributed by atoms with E-state index in [1.54, 1.807) is 12.1 Å². The van der Waals surface area contributed by atoms with Crippen LogP contribution in [-0.4, -0.2) is 6.04 Å². The van der Waals surface area contributed by atoms with E-state index in [0.717, 1.165) is 15.8 Å². The lowest BCUT2D eigenvalue weighted by Crippen LogP contribution is -2.22. The molecule has 118 valence electrons. The highest BCUT2D eigenvalue weighted by atomic mass is 79.9. The lowest BCUT2D eigenvalue weighted by Gasteiger charge is -2.15. The van der Waals surface area contributed by atoms with Crippen molar-refractivity contribution in [3.63, 3.8) is 0 Å². The molecule has 5 heteroatoms. The van der Waals surface area contributed by atoms with Crippen LogP contribution in [0.25, 0.3) is 0 Å². The quantitative estimate of drug-likeness (QED) is 0.725. The van der Waals surface area contributed by atoms with Gasteiger partial charge in [-0.15, -0.1) is 0 Å². The van der Waals surface area contributed by atoms with Crippen molar-refractivity contribution >= 4 is 27.5 Å². The molecule has 0 unspecified atom stereocenters. The molecule has 0 aromatic heterocycles. The van der Waals surface area contributed by atoms with Gasteiger partial charge in [-0.2, -0.15) is 0 Å². The number of halogens is 3. The fourth-order valence-corrected chi connectivity index (χ4v) is 2.59. The highest BCUT2D eigenvalue weighted by Crippen LogP contribution is 2.26. The first-order chi connectivity index (χ1) is 10.5. The molecule has 2 aromatic rings. The molecule has 0 saturated heterocycles. The summed E-state index contributed by atoms with van der Waals surface area (Å²) in [7, 11) is 0. The van der Waals surface area contributed by atoms with Crippen LogP contribution in [0.5, 0.6) is 5.75 Å². The maximum atomic E-state index is 13.8. The molecule has 22 heavy (non-hydrogen) atoms. The third-order valence-electron chi connectivity index (χ3n) is 3.16. The number of hydrogen-bond acceptors (Lipinski definition) is 2. The van der Waals surface area contributed by atoms with Gasteiger partial charge in [0.25, 0.3) is 0 Å². The number of ether oxygens (including phenoxy) is 1. The standard InChI is InChI=1S/C17H18BrClFNO/c1-11(2)21-9-12-8-13(18)6-7-17(12)22-10-14-15(19)4-3-5-16(14)20/h3-8,11,21H,9-10H2,1-2H3. The Morgan fingerprint density at radius 3 is 2.73 bits per heavy atom. The smallest absolute Gasteiger partial charge is 0.131 e. The van der Waals surface area contributed by atoms with Crippen LogP contribution in [0.3, 0.4) is 0 Å². The van der Waals surface area contributed by atoms with Crippen LogP contribution < -0.4 is 10.1 Å². The van der Waals surface area contributed by atoms with Gasteiger partial charge < -0.3 is 10.1 Å². The minimum atomic E-state index is -0.355. The summed E-state index contributed by atoms with van der Waals surface area (Å²) in [6.45, 7) is 4.94. The van der Waals surface area contributed by atoms with Crippen LogP contribution in [0.1, 0.15) is 25.0 Å². The second-order valence-electron chi connectivity index (χ2n) is 5.28. The van der Waals surface area contributed by atoms with Gasteiger partial charge in [0, 0.05) is 28.2 Å². The van der Waals surface area contributed by atoms with Crippen molar-refractivity contribution in [1.82, 2.24) is 5.32 Å². The summed E-state index contributed by atoms with van der Waals surface area (Å²) >= 11 is 9.48. The monoisotopic (exact) mass is 385 g/mol. The summed E-state index contributed by atoms with van der Waals surface area (Å²) in [4.78, 5) is 0. The van der Waals surface area contributed by atoms with Crippen LogP contribution in [0.15, 0.2) is 40.9 Å². The maximum Gasteiger partial charge on any atom is 0.131 e. The summed E-state index contributed by atoms with van der Waals surface area (Å²) < 4.78 is 20.6. The van der Waals surface area contributed by atoms with Crippen molar-refractivity contribution in [3.05, 3.63) is 62.8 Å². The lowest BCUT2D eigenvalue weighted by atomic mass is 10.2. The molecule has 2 aromatic carbocycles. The second kappa shape index (κ2) is 7.95. The summed E-state index contributed by atoms with van der Waals surface area (Å²) in [5.74, 6) is 0.363. The van der Waals surface area contributed by atoms with Crippen molar-refractivity contribution in [2.45, 2.75) is 33.0 Å². The predicted octanol–water partition coefficient (Wildman–Crippen LogP) is 5.32. The van der Waals surface area contributed by atoms with Gasteiger partial charge in [0.15, 0.2) is 0 Å². The van der Waals surface area contributed by atoms with Crippen molar-refractivity contribution in [3.8, 4) is 5.75 Å². The van der Waals surface area contributed by atoms with Gasteiger partial charge in [-0.3, -0.25) is 0 Å². The molecule has 0 heterocycles. The third-order valence-corrected chi connectivity index (χ3v) is 4.00. The van der Waals surface area contributed by atoms with Crippen molar-refractivity contribution in [2.75, 3.05) is 0 Å². The zero-order chi connectivity index (χ0) is 16.1. The largest absolute Gasteiger partial charge is 0.488 e. The van der Waals surface area contributed by atoms with Crippen LogP contribution in [-0.2, 0) is 13.2 Å². The van der Waals surface area contributed by atoms with E-state index in [0.29, 0.717) is 23.2 Å². The van der Waals surface area contributed by atoms with E-state index < -0.39 is 0 Å². The summed E-state index contributed by atoms with van der Waals surface area (Å²) in [5.41, 5.74) is 1.38. The minimum absolute atomic E-state index is 0.0990. The molecule has 2 rings (SSSR count). The Bertz CT molecular complexity index is 628. The normalized spacial score (nSPS) is 11.0. The molecular weight excluding hydrogens is 369 g/mol. The van der Waals surface area contributed by atoms with E-state index >= 15 is 0 Å². The fraction of sp³-hybridized carbons (Fsp3) is 0.294. The lowest BCUT2D eigenvalue weighted by molar-refractivity contribution is 0.295. The van der Waals surface area contributed by atoms with Crippen LogP contribution in [0, 0.1) is 5.82 Å². The number of nitrogens with one attached hydrogen (secondary N) is 1. The Labute approximate surface area is 143 Å². The van der Waals surface area contributed by atoms with Crippen LogP contribution >= 0.6 is 27.5 Å². The van der Waals surface area contributed by atoms with Gasteiger partial charge in [0.2, 0.25) is 0 Å². The van der Waals surface area contributed by atoms with E-state index in [-0.39, 0.29) is 12.4 Å². The number of rotatable bonds is 6. The van der Waals surface area contributed by atoms with Gasteiger partial charge in [0.05, 0.1) is 5.02 Å². The van der Waals surface area contributed by atoms with Gasteiger partial charge in [-0.05, 0) is 30.3 Å². The van der Waals surface area contributed by atoms with Gasteiger partial charge >= 0.3 is 0 Å². The van der Waals surface area contributed by atoms with Crippen LogP contribution in [0.2, 0.25) is 5.02 Å². The summed E-state index contributed by atoms with van der Waals surface area (Å²) in [6, 6.07) is 10.8. The first kappa shape index (κ1) is 17.3. The predicted molar refractivity (Wildman–Crippen MR) is 91.9 cm³/mol. The fourth-order valence-electron chi connectivity index (χ4n) is 1.96. The zero-order valence-corrected chi connectivity index (χ0v) is 14.8. The SMILES string of the molecule is CC(C)NCc1cc(Br)ccc1OCc1c(F)cccc1Cl. The van der Waals surface area contributed by atoms with Crippen molar-refractivity contribution in [1.29, 1.82) is 0 Å². The Balaban J connectivity index is 2.15. The van der Waals surface area contributed by atoms with E-state index in [1.165, 1.54) is 6.07 Å². The van der Waals surface area contributed by atoms with E-state index in [2.05, 4.69) is 35.1 Å². The van der Waals surface area contributed by atoms with E-state index in [1.807, 2.05) is 18.2 Å². The Morgan fingerprint density at radius 2 is 2.05 bits per heavy atom. The molecule has 0 aliphatic heterocycles. The number of benzene rings is 2. The molecular formula is C17H18BrClFNO. The molecule has 0 radical (unpaired) electrons. The van der Waals surface area contributed by atoms with Gasteiger partial charge in [-0.25, -0.2) is 4.39 Å². The first-order valence-corrected chi connectivity index (χ1v) is 8.22. The van der Waals surface area contributed by atoms with E-state index in [9.17, 15) is 4.39 Å². The molecule has 0 amide bonds. The molecule has 0 aliphatic rings. The van der Waals surface area contributed by atoms with Gasteiger partial charge in [-0.1, -0.05) is 47.4 Å². The van der Waals surface area contributed by atoms with E-state index in [4.69, 9.17) is 16.3 Å². The molecule has 0 spiro atoms.